The number of benzene rings is 2. The quantitative estimate of drug-likeness (QED) is 0.636. The van der Waals surface area contributed by atoms with Crippen LogP contribution in [0.2, 0.25) is 5.02 Å². The van der Waals surface area contributed by atoms with E-state index < -0.39 is 11.8 Å². The van der Waals surface area contributed by atoms with Gasteiger partial charge in [-0.2, -0.15) is 0 Å². The van der Waals surface area contributed by atoms with Crippen LogP contribution in [0.5, 0.6) is 11.5 Å². The molecule has 0 saturated heterocycles. The van der Waals surface area contributed by atoms with Crippen molar-refractivity contribution in [1.29, 1.82) is 0 Å². The van der Waals surface area contributed by atoms with Gasteiger partial charge in [0.25, 0.3) is 11.8 Å². The Morgan fingerprint density at radius 2 is 1.67 bits per heavy atom. The molecular formula is C14H11ClN2O4. The molecule has 0 bridgehead atoms. The Morgan fingerprint density at radius 3 is 2.38 bits per heavy atom. The third-order valence-electron chi connectivity index (χ3n) is 2.60. The predicted molar refractivity (Wildman–Crippen MR) is 76.2 cm³/mol. The molecule has 0 aromatic heterocycles. The minimum Gasteiger partial charge on any atom is -0.508 e. The van der Waals surface area contributed by atoms with Gasteiger partial charge in [0.1, 0.15) is 11.5 Å². The van der Waals surface area contributed by atoms with Crippen LogP contribution in [-0.2, 0) is 0 Å². The summed E-state index contributed by atoms with van der Waals surface area (Å²) >= 11 is 5.73. The Balaban J connectivity index is 2.04. The second-order valence-corrected chi connectivity index (χ2v) is 4.56. The Bertz CT molecular complexity index is 703. The first-order valence-corrected chi connectivity index (χ1v) is 6.23. The van der Waals surface area contributed by atoms with Gasteiger partial charge in [-0.25, -0.2) is 0 Å². The maximum atomic E-state index is 11.8. The molecule has 21 heavy (non-hydrogen) atoms. The number of rotatable bonds is 2. The van der Waals surface area contributed by atoms with Crippen LogP contribution in [-0.4, -0.2) is 22.0 Å². The number of hydrazine groups is 1. The van der Waals surface area contributed by atoms with Gasteiger partial charge in [0.15, 0.2) is 0 Å². The van der Waals surface area contributed by atoms with Crippen LogP contribution < -0.4 is 10.9 Å². The number of phenols is 2. The Hall–Kier alpha value is -2.73. The predicted octanol–water partition coefficient (Wildman–Crippen LogP) is 1.83. The van der Waals surface area contributed by atoms with E-state index in [9.17, 15) is 19.8 Å². The molecule has 0 aliphatic carbocycles. The van der Waals surface area contributed by atoms with E-state index in [4.69, 9.17) is 11.6 Å². The monoisotopic (exact) mass is 306 g/mol. The molecule has 2 rings (SSSR count). The molecule has 0 saturated carbocycles. The zero-order valence-electron chi connectivity index (χ0n) is 10.6. The van der Waals surface area contributed by atoms with Crippen molar-refractivity contribution in [1.82, 2.24) is 10.9 Å². The third kappa shape index (κ3) is 3.64. The summed E-state index contributed by atoms with van der Waals surface area (Å²) in [6.07, 6.45) is 0. The molecule has 7 heteroatoms. The molecule has 0 aliphatic rings. The van der Waals surface area contributed by atoms with Gasteiger partial charge in [0.2, 0.25) is 0 Å². The van der Waals surface area contributed by atoms with E-state index in [2.05, 4.69) is 10.9 Å². The van der Waals surface area contributed by atoms with Gasteiger partial charge >= 0.3 is 0 Å². The van der Waals surface area contributed by atoms with E-state index in [1.807, 2.05) is 0 Å². The van der Waals surface area contributed by atoms with E-state index in [1.54, 1.807) is 0 Å². The number of hydrogen-bond donors (Lipinski definition) is 4. The van der Waals surface area contributed by atoms with E-state index in [-0.39, 0.29) is 27.6 Å². The van der Waals surface area contributed by atoms with Crippen molar-refractivity contribution < 1.29 is 19.8 Å². The molecule has 0 heterocycles. The first-order valence-electron chi connectivity index (χ1n) is 5.85. The molecule has 108 valence electrons. The summed E-state index contributed by atoms with van der Waals surface area (Å²) in [6, 6.07) is 9.60. The first-order chi connectivity index (χ1) is 9.97. The number of phenolic OH excluding ortho intramolecular Hbond substituents is 2. The van der Waals surface area contributed by atoms with Gasteiger partial charge in [-0.15, -0.1) is 0 Å². The summed E-state index contributed by atoms with van der Waals surface area (Å²) in [4.78, 5) is 23.6. The molecule has 2 amide bonds. The van der Waals surface area contributed by atoms with Gasteiger partial charge in [0.05, 0.1) is 5.56 Å². The molecule has 0 atom stereocenters. The number of hydrogen-bond acceptors (Lipinski definition) is 4. The SMILES string of the molecule is O=C(NNC(=O)c1cc(Cl)ccc1O)c1cccc(O)c1. The lowest BCUT2D eigenvalue weighted by Gasteiger charge is -2.09. The van der Waals surface area contributed by atoms with Crippen molar-refractivity contribution >= 4 is 23.4 Å². The van der Waals surface area contributed by atoms with Crippen LogP contribution >= 0.6 is 11.6 Å². The average molecular weight is 307 g/mol. The van der Waals surface area contributed by atoms with E-state index in [0.717, 1.165) is 0 Å². The van der Waals surface area contributed by atoms with Gasteiger partial charge in [-0.3, -0.25) is 20.4 Å². The highest BCUT2D eigenvalue weighted by Gasteiger charge is 2.13. The van der Waals surface area contributed by atoms with Gasteiger partial charge in [-0.1, -0.05) is 17.7 Å². The summed E-state index contributed by atoms with van der Waals surface area (Å²) in [5.41, 5.74) is 4.41. The van der Waals surface area contributed by atoms with Crippen molar-refractivity contribution in [3.05, 3.63) is 58.6 Å². The standard InChI is InChI=1S/C14H11ClN2O4/c15-9-4-5-12(19)11(7-9)14(21)17-16-13(20)8-2-1-3-10(18)6-8/h1-7,18-19H,(H,16,20)(H,17,21). The summed E-state index contributed by atoms with van der Waals surface area (Å²) in [5, 5.41) is 19.1. The Morgan fingerprint density at radius 1 is 0.952 bits per heavy atom. The number of halogens is 1. The van der Waals surface area contributed by atoms with Crippen molar-refractivity contribution in [3.8, 4) is 11.5 Å². The first kappa shape index (κ1) is 14.7. The molecule has 0 spiro atoms. The molecule has 0 unspecified atom stereocenters. The molecule has 0 aliphatic heterocycles. The zero-order valence-corrected chi connectivity index (χ0v) is 11.4. The Labute approximate surface area is 125 Å². The Kier molecular flexibility index (Phi) is 4.30. The van der Waals surface area contributed by atoms with Crippen LogP contribution in [0.25, 0.3) is 0 Å². The molecule has 2 aromatic rings. The number of carbonyl (C=O) groups excluding carboxylic acids is 2. The average Bonchev–Trinajstić information content (AvgIpc) is 2.47. The van der Waals surface area contributed by atoms with E-state index >= 15 is 0 Å². The molecular weight excluding hydrogens is 296 g/mol. The fraction of sp³-hybridized carbons (Fsp3) is 0. The summed E-state index contributed by atoms with van der Waals surface area (Å²) < 4.78 is 0. The molecule has 2 aromatic carbocycles. The number of carbonyl (C=O) groups is 2. The highest BCUT2D eigenvalue weighted by Crippen LogP contribution is 2.21. The summed E-state index contributed by atoms with van der Waals surface area (Å²) in [5.74, 6) is -1.66. The molecule has 0 radical (unpaired) electrons. The normalized spacial score (nSPS) is 9.95. The number of aromatic hydroxyl groups is 2. The second-order valence-electron chi connectivity index (χ2n) is 4.12. The van der Waals surface area contributed by atoms with Crippen molar-refractivity contribution in [2.45, 2.75) is 0 Å². The molecule has 4 N–H and O–H groups in total. The van der Waals surface area contributed by atoms with Crippen LogP contribution in [0.1, 0.15) is 20.7 Å². The van der Waals surface area contributed by atoms with Gasteiger partial charge in [0, 0.05) is 10.6 Å². The second kappa shape index (κ2) is 6.15. The largest absolute Gasteiger partial charge is 0.508 e. The van der Waals surface area contributed by atoms with Crippen LogP contribution in [0.15, 0.2) is 42.5 Å². The van der Waals surface area contributed by atoms with Crippen LogP contribution in [0.3, 0.4) is 0 Å². The maximum absolute atomic E-state index is 11.8. The van der Waals surface area contributed by atoms with Crippen molar-refractivity contribution in [3.63, 3.8) is 0 Å². The fourth-order valence-corrected chi connectivity index (χ4v) is 1.76. The summed E-state index contributed by atoms with van der Waals surface area (Å²) in [7, 11) is 0. The fourth-order valence-electron chi connectivity index (χ4n) is 1.59. The van der Waals surface area contributed by atoms with E-state index in [1.165, 1.54) is 42.5 Å². The lowest BCUT2D eigenvalue weighted by molar-refractivity contribution is 0.0845. The lowest BCUT2D eigenvalue weighted by Crippen LogP contribution is -2.41. The van der Waals surface area contributed by atoms with Crippen LogP contribution in [0, 0.1) is 0 Å². The number of amides is 2. The van der Waals surface area contributed by atoms with Crippen LogP contribution in [0.4, 0.5) is 0 Å². The highest BCUT2D eigenvalue weighted by molar-refractivity contribution is 6.31. The van der Waals surface area contributed by atoms with Gasteiger partial charge in [-0.05, 0) is 36.4 Å². The minimum atomic E-state index is -0.719. The lowest BCUT2D eigenvalue weighted by atomic mass is 10.2. The maximum Gasteiger partial charge on any atom is 0.273 e. The summed E-state index contributed by atoms with van der Waals surface area (Å²) in [6.45, 7) is 0. The molecule has 0 fully saturated rings. The smallest absolute Gasteiger partial charge is 0.273 e. The number of nitrogens with one attached hydrogen (secondary N) is 2. The molecule has 6 nitrogen and oxygen atoms in total. The van der Waals surface area contributed by atoms with Crippen molar-refractivity contribution in [2.75, 3.05) is 0 Å². The highest BCUT2D eigenvalue weighted by atomic mass is 35.5. The van der Waals surface area contributed by atoms with E-state index in [0.29, 0.717) is 0 Å². The minimum absolute atomic E-state index is 0.0681. The topological polar surface area (TPSA) is 98.7 Å². The third-order valence-corrected chi connectivity index (χ3v) is 2.84. The van der Waals surface area contributed by atoms with Gasteiger partial charge < -0.3 is 10.2 Å². The zero-order chi connectivity index (χ0) is 15.4. The van der Waals surface area contributed by atoms with Crippen molar-refractivity contribution in [2.24, 2.45) is 0 Å².